The van der Waals surface area contributed by atoms with Crippen LogP contribution in [-0.2, 0) is 0 Å². The van der Waals surface area contributed by atoms with Crippen molar-refractivity contribution in [3.05, 3.63) is 75.6 Å². The second-order valence-corrected chi connectivity index (χ2v) is 8.31. The number of halogens is 4. The van der Waals surface area contributed by atoms with Crippen molar-refractivity contribution in [3.8, 4) is 0 Å². The Bertz CT molecular complexity index is 1230. The molecule has 1 N–H and O–H groups in total. The topological polar surface area (TPSA) is 37.3 Å². The Morgan fingerprint density at radius 1 is 1.16 bits per heavy atom. The van der Waals surface area contributed by atoms with Crippen LogP contribution in [0, 0.1) is 18.6 Å². The Morgan fingerprint density at radius 2 is 1.87 bits per heavy atom. The van der Waals surface area contributed by atoms with Gasteiger partial charge in [-0.2, -0.15) is 0 Å². The van der Waals surface area contributed by atoms with E-state index in [1.807, 2.05) is 30.3 Å². The number of rotatable bonds is 3. The Labute approximate surface area is 176 Å². The highest BCUT2D eigenvalue weighted by atomic mass is 19.3. The van der Waals surface area contributed by atoms with Gasteiger partial charge in [0.05, 0.1) is 10.9 Å². The van der Waals surface area contributed by atoms with Gasteiger partial charge in [0.15, 0.2) is 11.2 Å². The maximum Gasteiger partial charge on any atom is 0.270 e. The van der Waals surface area contributed by atoms with Crippen LogP contribution in [0.25, 0.3) is 10.9 Å². The lowest BCUT2D eigenvalue weighted by molar-refractivity contribution is 0.101. The van der Waals surface area contributed by atoms with Crippen molar-refractivity contribution in [2.45, 2.75) is 31.4 Å². The molecule has 1 aromatic heterocycles. The summed E-state index contributed by atoms with van der Waals surface area (Å²) in [4.78, 5) is 14.1. The first kappa shape index (κ1) is 20.1. The van der Waals surface area contributed by atoms with Crippen LogP contribution in [0.3, 0.4) is 0 Å². The number of pyridine rings is 1. The van der Waals surface area contributed by atoms with E-state index in [1.165, 1.54) is 13.1 Å². The van der Waals surface area contributed by atoms with Crippen molar-refractivity contribution < 1.29 is 17.6 Å². The summed E-state index contributed by atoms with van der Waals surface area (Å²) in [5.74, 6) is -4.80. The molecule has 31 heavy (non-hydrogen) atoms. The number of alkyl halides is 2. The van der Waals surface area contributed by atoms with Gasteiger partial charge in [-0.15, -0.1) is 0 Å². The Kier molecular flexibility index (Phi) is 4.58. The highest BCUT2D eigenvalue weighted by Gasteiger charge is 2.58. The predicted octanol–water partition coefficient (Wildman–Crippen LogP) is 4.32. The first-order chi connectivity index (χ1) is 14.8. The molecule has 0 amide bonds. The average Bonchev–Trinajstić information content (AvgIpc) is 3.39. The lowest BCUT2D eigenvalue weighted by Crippen LogP contribution is -2.46. The first-order valence-corrected chi connectivity index (χ1v) is 10.2. The van der Waals surface area contributed by atoms with Crippen LogP contribution >= 0.6 is 0 Å². The molecule has 1 saturated carbocycles. The highest BCUT2D eigenvalue weighted by Crippen LogP contribution is 2.53. The molecule has 5 rings (SSSR count). The fraction of sp³-hybridized carbons (Fsp3) is 0.348. The number of piperazine rings is 1. The molecule has 1 aliphatic heterocycles. The predicted molar refractivity (Wildman–Crippen MR) is 111 cm³/mol. The summed E-state index contributed by atoms with van der Waals surface area (Å²) in [6.45, 7) is 2.61. The van der Waals surface area contributed by atoms with Gasteiger partial charge in [0.25, 0.3) is 5.92 Å². The zero-order valence-electron chi connectivity index (χ0n) is 16.8. The number of nitrogens with one attached hydrogen (secondary N) is 1. The van der Waals surface area contributed by atoms with E-state index in [4.69, 9.17) is 0 Å². The normalized spacial score (nSPS) is 22.7. The molecule has 2 fully saturated rings. The molecular formula is C23H21F4N3O. The van der Waals surface area contributed by atoms with Crippen molar-refractivity contribution >= 4 is 16.6 Å². The fourth-order valence-corrected chi connectivity index (χ4v) is 4.47. The number of hydrogen-bond donors (Lipinski definition) is 1. The third-order valence-electron chi connectivity index (χ3n) is 6.18. The minimum Gasteiger partial charge on any atom is -0.364 e. The molecule has 2 aromatic carbocycles. The van der Waals surface area contributed by atoms with Crippen LogP contribution in [0.15, 0.2) is 47.4 Å². The van der Waals surface area contributed by atoms with Crippen molar-refractivity contribution in [3.63, 3.8) is 0 Å². The van der Waals surface area contributed by atoms with Gasteiger partial charge >= 0.3 is 0 Å². The number of anilines is 1. The van der Waals surface area contributed by atoms with Crippen LogP contribution in [0.1, 0.15) is 29.6 Å². The summed E-state index contributed by atoms with van der Waals surface area (Å²) >= 11 is 0. The highest BCUT2D eigenvalue weighted by molar-refractivity contribution is 5.85. The maximum atomic E-state index is 15.7. The number of hydrogen-bond acceptors (Lipinski definition) is 3. The van der Waals surface area contributed by atoms with E-state index >= 15 is 8.78 Å². The molecule has 162 valence electrons. The second-order valence-electron chi connectivity index (χ2n) is 8.31. The molecule has 2 heterocycles. The largest absolute Gasteiger partial charge is 0.364 e. The minimum absolute atomic E-state index is 0.141. The van der Waals surface area contributed by atoms with E-state index in [0.29, 0.717) is 19.6 Å². The Hall–Kier alpha value is -2.87. The molecule has 3 aromatic rings. The Morgan fingerprint density at radius 3 is 2.55 bits per heavy atom. The van der Waals surface area contributed by atoms with Gasteiger partial charge in [0, 0.05) is 43.9 Å². The summed E-state index contributed by atoms with van der Waals surface area (Å²) < 4.78 is 59.6. The van der Waals surface area contributed by atoms with Gasteiger partial charge in [0.1, 0.15) is 17.5 Å². The van der Waals surface area contributed by atoms with E-state index in [-0.39, 0.29) is 28.2 Å². The smallest absolute Gasteiger partial charge is 0.270 e. The van der Waals surface area contributed by atoms with Gasteiger partial charge in [-0.05, 0) is 18.6 Å². The lowest BCUT2D eigenvalue weighted by Gasteiger charge is -2.36. The number of fused-ring (bicyclic) bond motifs is 1. The van der Waals surface area contributed by atoms with E-state index in [2.05, 4.69) is 5.32 Å². The Balaban J connectivity index is 1.64. The zero-order valence-corrected chi connectivity index (χ0v) is 16.8. The van der Waals surface area contributed by atoms with Gasteiger partial charge in [0.2, 0.25) is 0 Å². The van der Waals surface area contributed by atoms with Crippen molar-refractivity contribution in [2.75, 3.05) is 24.5 Å². The zero-order chi connectivity index (χ0) is 21.9. The van der Waals surface area contributed by atoms with Gasteiger partial charge in [-0.25, -0.2) is 17.6 Å². The van der Waals surface area contributed by atoms with Crippen LogP contribution < -0.4 is 15.6 Å². The van der Waals surface area contributed by atoms with Crippen LogP contribution in [0.4, 0.5) is 23.2 Å². The summed E-state index contributed by atoms with van der Waals surface area (Å²) in [5.41, 5.74) is 0.0638. The van der Waals surface area contributed by atoms with Crippen molar-refractivity contribution in [2.24, 2.45) is 0 Å². The lowest BCUT2D eigenvalue weighted by atomic mass is 10.0. The molecule has 0 radical (unpaired) electrons. The summed E-state index contributed by atoms with van der Waals surface area (Å²) in [7, 11) is 0. The average molecular weight is 431 g/mol. The van der Waals surface area contributed by atoms with Crippen LogP contribution in [-0.4, -0.2) is 30.1 Å². The maximum absolute atomic E-state index is 15.7. The van der Waals surface area contributed by atoms with Crippen LogP contribution in [0.5, 0.6) is 0 Å². The quantitative estimate of drug-likeness (QED) is 0.628. The number of nitrogens with zero attached hydrogens (tertiary/aromatic N) is 2. The molecule has 0 spiro atoms. The molecule has 0 bridgehead atoms. The molecular weight excluding hydrogens is 410 g/mol. The van der Waals surface area contributed by atoms with E-state index in [9.17, 15) is 13.6 Å². The molecule has 2 unspecified atom stereocenters. The van der Waals surface area contributed by atoms with Gasteiger partial charge in [-0.1, -0.05) is 30.3 Å². The summed E-state index contributed by atoms with van der Waals surface area (Å²) in [6.07, 6.45) is 0.825. The standard InChI is InChI=1S/C23H21F4N3O/c1-13-11-30(18-10-23(18,26)27)20-15(22(13)31)9-16(24)21(19(20)25)29-8-7-28-17(12-29)14-5-3-2-4-6-14/h2-6,9,11,17-18,28H,7-8,10,12H2,1H3. The summed E-state index contributed by atoms with van der Waals surface area (Å²) in [6, 6.07) is 9.16. The molecule has 4 nitrogen and oxygen atoms in total. The monoisotopic (exact) mass is 431 g/mol. The third kappa shape index (κ3) is 3.29. The molecule has 1 aliphatic carbocycles. The number of aromatic nitrogens is 1. The third-order valence-corrected chi connectivity index (χ3v) is 6.18. The van der Waals surface area contributed by atoms with Gasteiger partial charge in [-0.3, -0.25) is 4.79 Å². The van der Waals surface area contributed by atoms with E-state index in [0.717, 1.165) is 16.2 Å². The first-order valence-electron chi connectivity index (χ1n) is 10.2. The molecule has 8 heteroatoms. The molecule has 2 atom stereocenters. The van der Waals surface area contributed by atoms with Crippen molar-refractivity contribution in [1.29, 1.82) is 0 Å². The van der Waals surface area contributed by atoms with E-state index < -0.39 is 35.4 Å². The minimum atomic E-state index is -2.97. The second kappa shape index (κ2) is 7.09. The van der Waals surface area contributed by atoms with Crippen molar-refractivity contribution in [1.82, 2.24) is 9.88 Å². The number of aryl methyl sites for hydroxylation is 1. The fourth-order valence-electron chi connectivity index (χ4n) is 4.47. The van der Waals surface area contributed by atoms with Crippen LogP contribution in [0.2, 0.25) is 0 Å². The summed E-state index contributed by atoms with van der Waals surface area (Å²) in [5, 5.41) is 3.13. The molecule has 1 saturated heterocycles. The van der Waals surface area contributed by atoms with E-state index in [1.54, 1.807) is 4.90 Å². The molecule has 2 aliphatic rings. The SMILES string of the molecule is Cc1cn(C2CC2(F)F)c2c(F)c(N3CCNC(c4ccccc4)C3)c(F)cc2c1=O. The van der Waals surface area contributed by atoms with Gasteiger partial charge < -0.3 is 14.8 Å². The number of benzene rings is 2.